The van der Waals surface area contributed by atoms with Crippen LogP contribution in [0.15, 0.2) is 42.6 Å². The first-order valence-electron chi connectivity index (χ1n) is 6.75. The second-order valence-electron chi connectivity index (χ2n) is 5.86. The van der Waals surface area contributed by atoms with Gasteiger partial charge in [0.2, 0.25) is 0 Å². The fraction of sp³-hybridized carbons (Fsp3) is 0.250. The molecule has 0 unspecified atom stereocenters. The molecule has 4 N–H and O–H groups in total. The first-order chi connectivity index (χ1) is 9.90. The van der Waals surface area contributed by atoms with Crippen molar-refractivity contribution in [3.05, 3.63) is 53.9 Å². The summed E-state index contributed by atoms with van der Waals surface area (Å²) in [6.07, 6.45) is 1.53. The number of pyridine rings is 1. The van der Waals surface area contributed by atoms with Crippen LogP contribution < -0.4 is 16.6 Å². The Morgan fingerprint density at radius 1 is 1.10 bits per heavy atom. The predicted molar refractivity (Wildman–Crippen MR) is 85.1 cm³/mol. The molecule has 1 aromatic carbocycles. The number of nitrogens with one attached hydrogen (secondary N) is 2. The van der Waals surface area contributed by atoms with E-state index in [0.717, 1.165) is 5.69 Å². The molecule has 0 bridgehead atoms. The van der Waals surface area contributed by atoms with E-state index in [1.165, 1.54) is 11.8 Å². The van der Waals surface area contributed by atoms with Gasteiger partial charge in [-0.15, -0.1) is 0 Å². The lowest BCUT2D eigenvalue weighted by molar-refractivity contribution is 0.102. The molecular formula is C16H20N4O. The fourth-order valence-electron chi connectivity index (χ4n) is 1.89. The number of rotatable bonds is 3. The van der Waals surface area contributed by atoms with Gasteiger partial charge >= 0.3 is 0 Å². The molecule has 0 fully saturated rings. The third-order valence-corrected chi connectivity index (χ3v) is 3.17. The number of hydrogen-bond acceptors (Lipinski definition) is 4. The first-order valence-corrected chi connectivity index (χ1v) is 6.75. The summed E-state index contributed by atoms with van der Waals surface area (Å²) < 4.78 is 0. The summed E-state index contributed by atoms with van der Waals surface area (Å²) in [5.74, 6) is 5.05. The van der Waals surface area contributed by atoms with Crippen LogP contribution in [0.2, 0.25) is 0 Å². The van der Waals surface area contributed by atoms with Crippen LogP contribution in [0.1, 0.15) is 36.8 Å². The van der Waals surface area contributed by atoms with Gasteiger partial charge in [-0.1, -0.05) is 32.9 Å². The van der Waals surface area contributed by atoms with Crippen molar-refractivity contribution < 1.29 is 4.79 Å². The SMILES string of the molecule is CC(C)(C)c1ccc(NC(=O)c2cc(NN)ccn2)cc1. The zero-order chi connectivity index (χ0) is 15.5. The molecule has 0 spiro atoms. The van der Waals surface area contributed by atoms with Crippen molar-refractivity contribution >= 4 is 17.3 Å². The quantitative estimate of drug-likeness (QED) is 0.598. The molecule has 2 rings (SSSR count). The number of hydrazine groups is 1. The summed E-state index contributed by atoms with van der Waals surface area (Å²) in [5, 5.41) is 2.82. The highest BCUT2D eigenvalue weighted by atomic mass is 16.1. The van der Waals surface area contributed by atoms with E-state index in [0.29, 0.717) is 11.4 Å². The van der Waals surface area contributed by atoms with E-state index in [4.69, 9.17) is 5.84 Å². The van der Waals surface area contributed by atoms with Gasteiger partial charge in [0.05, 0.1) is 5.69 Å². The maximum absolute atomic E-state index is 12.1. The third-order valence-electron chi connectivity index (χ3n) is 3.17. The highest BCUT2D eigenvalue weighted by Crippen LogP contribution is 2.23. The van der Waals surface area contributed by atoms with Gasteiger partial charge in [0.25, 0.3) is 5.91 Å². The van der Waals surface area contributed by atoms with Crippen molar-refractivity contribution in [1.82, 2.24) is 4.98 Å². The Hall–Kier alpha value is -2.40. The number of anilines is 2. The van der Waals surface area contributed by atoms with Crippen LogP contribution in [-0.4, -0.2) is 10.9 Å². The van der Waals surface area contributed by atoms with Gasteiger partial charge in [-0.05, 0) is 35.2 Å². The van der Waals surface area contributed by atoms with E-state index < -0.39 is 0 Å². The molecule has 21 heavy (non-hydrogen) atoms. The second kappa shape index (κ2) is 5.93. The van der Waals surface area contributed by atoms with Gasteiger partial charge in [-0.2, -0.15) is 0 Å². The summed E-state index contributed by atoms with van der Waals surface area (Å²) in [7, 11) is 0. The molecule has 5 nitrogen and oxygen atoms in total. The Bertz CT molecular complexity index is 629. The summed E-state index contributed by atoms with van der Waals surface area (Å²) in [6, 6.07) is 11.1. The number of hydrogen-bond donors (Lipinski definition) is 3. The van der Waals surface area contributed by atoms with E-state index in [9.17, 15) is 4.79 Å². The third kappa shape index (κ3) is 3.79. The molecule has 0 aliphatic carbocycles. The van der Waals surface area contributed by atoms with E-state index in [1.54, 1.807) is 12.1 Å². The topological polar surface area (TPSA) is 80.0 Å². The zero-order valence-corrected chi connectivity index (χ0v) is 12.5. The zero-order valence-electron chi connectivity index (χ0n) is 12.5. The minimum Gasteiger partial charge on any atom is -0.324 e. The smallest absolute Gasteiger partial charge is 0.274 e. The van der Waals surface area contributed by atoms with Gasteiger partial charge in [-0.25, -0.2) is 0 Å². The number of carbonyl (C=O) groups excluding carboxylic acids is 1. The molecule has 1 heterocycles. The van der Waals surface area contributed by atoms with E-state index in [2.05, 4.69) is 36.5 Å². The summed E-state index contributed by atoms with van der Waals surface area (Å²) >= 11 is 0. The van der Waals surface area contributed by atoms with Gasteiger partial charge in [-0.3, -0.25) is 15.6 Å². The average molecular weight is 284 g/mol. The Labute approximate surface area is 124 Å². The fourth-order valence-corrected chi connectivity index (χ4v) is 1.89. The van der Waals surface area contributed by atoms with Crippen LogP contribution in [0.3, 0.4) is 0 Å². The van der Waals surface area contributed by atoms with Crippen LogP contribution in [0.4, 0.5) is 11.4 Å². The highest BCUT2D eigenvalue weighted by Gasteiger charge is 2.13. The van der Waals surface area contributed by atoms with E-state index in [-0.39, 0.29) is 11.3 Å². The molecule has 0 aliphatic heterocycles. The van der Waals surface area contributed by atoms with Crippen LogP contribution in [0.5, 0.6) is 0 Å². The second-order valence-corrected chi connectivity index (χ2v) is 5.86. The van der Waals surface area contributed by atoms with Crippen molar-refractivity contribution in [3.63, 3.8) is 0 Å². The highest BCUT2D eigenvalue weighted by molar-refractivity contribution is 6.03. The molecule has 0 aliphatic rings. The van der Waals surface area contributed by atoms with Crippen LogP contribution in [0.25, 0.3) is 0 Å². The number of benzene rings is 1. The Balaban J connectivity index is 2.12. The number of nitrogens with zero attached hydrogens (tertiary/aromatic N) is 1. The monoisotopic (exact) mass is 284 g/mol. The number of nitrogens with two attached hydrogens (primary N) is 1. The Morgan fingerprint density at radius 2 is 1.76 bits per heavy atom. The molecule has 0 saturated heterocycles. The average Bonchev–Trinajstić information content (AvgIpc) is 2.47. The van der Waals surface area contributed by atoms with Gasteiger partial charge in [0, 0.05) is 11.9 Å². The number of nitrogen functional groups attached to an aromatic ring is 1. The van der Waals surface area contributed by atoms with Gasteiger partial charge < -0.3 is 10.7 Å². The lowest BCUT2D eigenvalue weighted by atomic mass is 9.87. The molecule has 2 aromatic rings. The molecule has 0 atom stereocenters. The van der Waals surface area contributed by atoms with E-state index >= 15 is 0 Å². The van der Waals surface area contributed by atoms with Crippen molar-refractivity contribution in [2.75, 3.05) is 10.7 Å². The number of amides is 1. The van der Waals surface area contributed by atoms with Crippen LogP contribution in [0, 0.1) is 0 Å². The predicted octanol–water partition coefficient (Wildman–Crippen LogP) is 2.92. The molecule has 5 heteroatoms. The molecule has 1 amide bonds. The standard InChI is InChI=1S/C16H20N4O/c1-16(2,3)11-4-6-12(7-5-11)19-15(21)14-10-13(20-17)8-9-18-14/h4-10H,17H2,1-3H3,(H,18,20)(H,19,21). The summed E-state index contributed by atoms with van der Waals surface area (Å²) in [5.41, 5.74) is 5.48. The van der Waals surface area contributed by atoms with Crippen LogP contribution >= 0.6 is 0 Å². The number of carbonyl (C=O) groups is 1. The molecular weight excluding hydrogens is 264 g/mol. The minimum atomic E-state index is -0.268. The molecule has 110 valence electrons. The normalized spacial score (nSPS) is 11.0. The van der Waals surface area contributed by atoms with Gasteiger partial charge in [0.15, 0.2) is 0 Å². The first kappa shape index (κ1) is 15.0. The van der Waals surface area contributed by atoms with Crippen molar-refractivity contribution in [2.24, 2.45) is 5.84 Å². The lowest BCUT2D eigenvalue weighted by Gasteiger charge is -2.19. The molecule has 0 saturated carbocycles. The number of aromatic nitrogens is 1. The Morgan fingerprint density at radius 3 is 2.33 bits per heavy atom. The van der Waals surface area contributed by atoms with E-state index in [1.807, 2.05) is 24.3 Å². The summed E-state index contributed by atoms with van der Waals surface area (Å²) in [4.78, 5) is 16.2. The van der Waals surface area contributed by atoms with Crippen LogP contribution in [-0.2, 0) is 5.41 Å². The minimum absolute atomic E-state index is 0.0885. The largest absolute Gasteiger partial charge is 0.324 e. The molecule has 1 aromatic heterocycles. The summed E-state index contributed by atoms with van der Waals surface area (Å²) in [6.45, 7) is 6.45. The van der Waals surface area contributed by atoms with Crippen molar-refractivity contribution in [3.8, 4) is 0 Å². The van der Waals surface area contributed by atoms with Crippen molar-refractivity contribution in [2.45, 2.75) is 26.2 Å². The lowest BCUT2D eigenvalue weighted by Crippen LogP contribution is -2.15. The maximum Gasteiger partial charge on any atom is 0.274 e. The van der Waals surface area contributed by atoms with Gasteiger partial charge in [0.1, 0.15) is 5.69 Å². The Kier molecular flexibility index (Phi) is 4.23. The molecule has 0 radical (unpaired) electrons. The maximum atomic E-state index is 12.1. The van der Waals surface area contributed by atoms with Crippen molar-refractivity contribution in [1.29, 1.82) is 0 Å².